The van der Waals surface area contributed by atoms with Crippen molar-refractivity contribution in [3.05, 3.63) is 35.4 Å². The summed E-state index contributed by atoms with van der Waals surface area (Å²) in [6.07, 6.45) is 4.03. The number of carbonyl (C=O) groups is 1. The van der Waals surface area contributed by atoms with Crippen molar-refractivity contribution in [1.82, 2.24) is 10.6 Å². The van der Waals surface area contributed by atoms with Gasteiger partial charge in [-0.25, -0.2) is 0 Å². The lowest BCUT2D eigenvalue weighted by atomic mass is 10.0. The molecule has 1 rings (SSSR count). The standard InChI is InChI=1S/C17H28N2O/c1-4-6-7-15-8-10-16(11-9-15)12-17(20)19-13-14(3)18-5-2/h8-11,14,18H,4-7,12-13H2,1-3H3,(H,19,20)/t14-/m1/s1. The number of rotatable bonds is 9. The van der Waals surface area contributed by atoms with Crippen LogP contribution >= 0.6 is 0 Å². The minimum atomic E-state index is 0.0936. The fourth-order valence-electron chi connectivity index (χ4n) is 2.14. The summed E-state index contributed by atoms with van der Waals surface area (Å²) in [5.41, 5.74) is 2.44. The highest BCUT2D eigenvalue weighted by molar-refractivity contribution is 5.78. The van der Waals surface area contributed by atoms with Crippen LogP contribution in [0, 0.1) is 0 Å². The summed E-state index contributed by atoms with van der Waals surface area (Å²) < 4.78 is 0. The molecule has 0 radical (unpaired) electrons. The average Bonchev–Trinajstić information content (AvgIpc) is 2.45. The molecule has 1 aromatic carbocycles. The highest BCUT2D eigenvalue weighted by Crippen LogP contribution is 2.08. The van der Waals surface area contributed by atoms with Gasteiger partial charge in [0.25, 0.3) is 0 Å². The number of unbranched alkanes of at least 4 members (excludes halogenated alkanes) is 1. The number of amides is 1. The summed E-state index contributed by atoms with van der Waals surface area (Å²) in [5.74, 6) is 0.0936. The van der Waals surface area contributed by atoms with Gasteiger partial charge in [0.05, 0.1) is 6.42 Å². The molecule has 0 aliphatic carbocycles. The van der Waals surface area contributed by atoms with Crippen molar-refractivity contribution in [2.24, 2.45) is 0 Å². The molecule has 0 heterocycles. The summed E-state index contributed by atoms with van der Waals surface area (Å²) in [5, 5.41) is 6.24. The molecular weight excluding hydrogens is 248 g/mol. The number of hydrogen-bond acceptors (Lipinski definition) is 2. The van der Waals surface area contributed by atoms with Crippen LogP contribution in [0.25, 0.3) is 0 Å². The second-order valence-electron chi connectivity index (χ2n) is 5.36. The average molecular weight is 276 g/mol. The highest BCUT2D eigenvalue weighted by atomic mass is 16.1. The first-order chi connectivity index (χ1) is 9.65. The molecule has 0 saturated carbocycles. The summed E-state index contributed by atoms with van der Waals surface area (Å²) in [7, 11) is 0. The van der Waals surface area contributed by atoms with Gasteiger partial charge in [-0.15, -0.1) is 0 Å². The fraction of sp³-hybridized carbons (Fsp3) is 0.588. The van der Waals surface area contributed by atoms with Gasteiger partial charge in [-0.3, -0.25) is 4.79 Å². The summed E-state index contributed by atoms with van der Waals surface area (Å²) >= 11 is 0. The van der Waals surface area contributed by atoms with Gasteiger partial charge >= 0.3 is 0 Å². The fourth-order valence-corrected chi connectivity index (χ4v) is 2.14. The third kappa shape index (κ3) is 6.71. The highest BCUT2D eigenvalue weighted by Gasteiger charge is 2.05. The molecule has 112 valence electrons. The van der Waals surface area contributed by atoms with Crippen LogP contribution in [0.3, 0.4) is 0 Å². The monoisotopic (exact) mass is 276 g/mol. The van der Waals surface area contributed by atoms with Crippen molar-refractivity contribution in [1.29, 1.82) is 0 Å². The van der Waals surface area contributed by atoms with Gasteiger partial charge in [-0.2, -0.15) is 0 Å². The molecular formula is C17H28N2O. The molecule has 0 aliphatic heterocycles. The van der Waals surface area contributed by atoms with E-state index in [-0.39, 0.29) is 5.91 Å². The Kier molecular flexibility index (Phi) is 7.97. The molecule has 0 spiro atoms. The minimum absolute atomic E-state index is 0.0936. The molecule has 0 fully saturated rings. The van der Waals surface area contributed by atoms with Gasteiger partial charge in [0, 0.05) is 12.6 Å². The van der Waals surface area contributed by atoms with E-state index in [9.17, 15) is 4.79 Å². The second-order valence-corrected chi connectivity index (χ2v) is 5.36. The molecule has 2 N–H and O–H groups in total. The third-order valence-electron chi connectivity index (χ3n) is 3.36. The maximum absolute atomic E-state index is 11.8. The van der Waals surface area contributed by atoms with Crippen LogP contribution in [-0.4, -0.2) is 25.0 Å². The van der Waals surface area contributed by atoms with Crippen LogP contribution in [-0.2, 0) is 17.6 Å². The van der Waals surface area contributed by atoms with E-state index in [4.69, 9.17) is 0 Å². The van der Waals surface area contributed by atoms with Gasteiger partial charge in [0.15, 0.2) is 0 Å². The molecule has 0 unspecified atom stereocenters. The van der Waals surface area contributed by atoms with E-state index in [1.807, 2.05) is 0 Å². The Hall–Kier alpha value is -1.35. The quantitative estimate of drug-likeness (QED) is 0.728. The van der Waals surface area contributed by atoms with E-state index < -0.39 is 0 Å². The Balaban J connectivity index is 2.34. The summed E-state index contributed by atoms with van der Waals surface area (Å²) in [6, 6.07) is 8.73. The molecule has 0 saturated heterocycles. The Labute approximate surface area is 123 Å². The third-order valence-corrected chi connectivity index (χ3v) is 3.36. The number of aryl methyl sites for hydroxylation is 1. The number of nitrogens with one attached hydrogen (secondary N) is 2. The Morgan fingerprint density at radius 1 is 1.15 bits per heavy atom. The van der Waals surface area contributed by atoms with E-state index in [2.05, 4.69) is 55.7 Å². The molecule has 0 aliphatic rings. The molecule has 20 heavy (non-hydrogen) atoms. The topological polar surface area (TPSA) is 41.1 Å². The van der Waals surface area contributed by atoms with Crippen molar-refractivity contribution in [3.8, 4) is 0 Å². The normalized spacial score (nSPS) is 12.2. The maximum atomic E-state index is 11.8. The van der Waals surface area contributed by atoms with E-state index in [0.717, 1.165) is 18.5 Å². The number of hydrogen-bond donors (Lipinski definition) is 2. The Morgan fingerprint density at radius 3 is 2.40 bits per heavy atom. The van der Waals surface area contributed by atoms with E-state index in [1.165, 1.54) is 18.4 Å². The second kappa shape index (κ2) is 9.54. The molecule has 0 bridgehead atoms. The van der Waals surface area contributed by atoms with Gasteiger partial charge in [-0.05, 0) is 37.4 Å². The zero-order valence-electron chi connectivity index (χ0n) is 13.0. The first-order valence-electron chi connectivity index (χ1n) is 7.73. The number of likely N-dealkylation sites (N-methyl/N-ethyl adjacent to an activating group) is 1. The largest absolute Gasteiger partial charge is 0.354 e. The maximum Gasteiger partial charge on any atom is 0.224 e. The van der Waals surface area contributed by atoms with Crippen molar-refractivity contribution in [3.63, 3.8) is 0 Å². The van der Waals surface area contributed by atoms with Gasteiger partial charge in [0.2, 0.25) is 5.91 Å². The predicted octanol–water partition coefficient (Wildman–Crippen LogP) is 2.69. The predicted molar refractivity (Wildman–Crippen MR) is 84.9 cm³/mol. The van der Waals surface area contributed by atoms with Crippen LogP contribution < -0.4 is 10.6 Å². The summed E-state index contributed by atoms with van der Waals surface area (Å²) in [6.45, 7) is 7.95. The van der Waals surface area contributed by atoms with Crippen LogP contribution in [0.2, 0.25) is 0 Å². The van der Waals surface area contributed by atoms with Crippen molar-refractivity contribution in [2.45, 2.75) is 52.5 Å². The van der Waals surface area contributed by atoms with Crippen molar-refractivity contribution < 1.29 is 4.79 Å². The van der Waals surface area contributed by atoms with Crippen LogP contribution in [0.1, 0.15) is 44.7 Å². The first kappa shape index (κ1) is 16.7. The SMILES string of the molecule is CCCCc1ccc(CC(=O)NC[C@@H](C)NCC)cc1. The molecule has 1 amide bonds. The molecule has 3 nitrogen and oxygen atoms in total. The van der Waals surface area contributed by atoms with Crippen LogP contribution in [0.15, 0.2) is 24.3 Å². The molecule has 1 aromatic rings. The minimum Gasteiger partial charge on any atom is -0.354 e. The molecule has 3 heteroatoms. The zero-order valence-corrected chi connectivity index (χ0v) is 13.0. The number of benzene rings is 1. The van der Waals surface area contributed by atoms with Crippen molar-refractivity contribution >= 4 is 5.91 Å². The van der Waals surface area contributed by atoms with Crippen molar-refractivity contribution in [2.75, 3.05) is 13.1 Å². The summed E-state index contributed by atoms with van der Waals surface area (Å²) in [4.78, 5) is 11.8. The number of carbonyl (C=O) groups excluding carboxylic acids is 1. The molecule has 0 aromatic heterocycles. The smallest absolute Gasteiger partial charge is 0.224 e. The van der Waals surface area contributed by atoms with Gasteiger partial charge in [-0.1, -0.05) is 44.5 Å². The zero-order chi connectivity index (χ0) is 14.8. The Bertz CT molecular complexity index is 386. The molecule has 1 atom stereocenters. The Morgan fingerprint density at radius 2 is 1.80 bits per heavy atom. The first-order valence-corrected chi connectivity index (χ1v) is 7.73. The van der Waals surface area contributed by atoms with E-state index >= 15 is 0 Å². The van der Waals surface area contributed by atoms with Gasteiger partial charge in [0.1, 0.15) is 0 Å². The van der Waals surface area contributed by atoms with Crippen LogP contribution in [0.5, 0.6) is 0 Å². The van der Waals surface area contributed by atoms with Crippen LogP contribution in [0.4, 0.5) is 0 Å². The lowest BCUT2D eigenvalue weighted by molar-refractivity contribution is -0.120. The lowest BCUT2D eigenvalue weighted by Crippen LogP contribution is -2.39. The van der Waals surface area contributed by atoms with Gasteiger partial charge < -0.3 is 10.6 Å². The van der Waals surface area contributed by atoms with E-state index in [0.29, 0.717) is 19.0 Å². The lowest BCUT2D eigenvalue weighted by Gasteiger charge is -2.13. The van der Waals surface area contributed by atoms with E-state index in [1.54, 1.807) is 0 Å².